The van der Waals surface area contributed by atoms with Crippen LogP contribution in [0.4, 0.5) is 16.2 Å². The molecule has 2 aromatic rings. The number of aromatic nitrogens is 1. The van der Waals surface area contributed by atoms with Crippen molar-refractivity contribution in [3.63, 3.8) is 0 Å². The molecule has 1 saturated carbocycles. The Morgan fingerprint density at radius 2 is 1.97 bits per heavy atom. The lowest BCUT2D eigenvalue weighted by molar-refractivity contribution is -0.117. The van der Waals surface area contributed by atoms with Gasteiger partial charge in [0.2, 0.25) is 5.91 Å². The fraction of sp³-hybridized carbons (Fsp3) is 0.522. The van der Waals surface area contributed by atoms with Crippen LogP contribution in [0.3, 0.4) is 0 Å². The van der Waals surface area contributed by atoms with E-state index in [1.165, 1.54) is 4.90 Å². The fourth-order valence-electron chi connectivity index (χ4n) is 4.52. The number of urea groups is 1. The van der Waals surface area contributed by atoms with Crippen LogP contribution in [0.5, 0.6) is 0 Å². The molecular weight excluding hydrogens is 410 g/mol. The zero-order valence-corrected chi connectivity index (χ0v) is 19.0. The number of carbonyl (C=O) groups excluding carboxylic acids is 2. The molecule has 1 atom stereocenters. The molecule has 2 aliphatic rings. The monoisotopic (exact) mass is 441 g/mol. The predicted molar refractivity (Wildman–Crippen MR) is 122 cm³/mol. The lowest BCUT2D eigenvalue weighted by atomic mass is 9.92. The van der Waals surface area contributed by atoms with E-state index in [4.69, 9.17) is 9.26 Å². The minimum Gasteiger partial charge on any atom is -0.381 e. The van der Waals surface area contributed by atoms with Crippen LogP contribution in [0.1, 0.15) is 37.1 Å². The van der Waals surface area contributed by atoms with Crippen LogP contribution in [0.15, 0.2) is 22.7 Å². The van der Waals surface area contributed by atoms with E-state index in [0.717, 1.165) is 54.0 Å². The van der Waals surface area contributed by atoms with E-state index in [1.54, 1.807) is 14.2 Å². The highest BCUT2D eigenvalue weighted by Crippen LogP contribution is 2.34. The van der Waals surface area contributed by atoms with Gasteiger partial charge in [0, 0.05) is 25.8 Å². The Morgan fingerprint density at radius 1 is 1.22 bits per heavy atom. The van der Waals surface area contributed by atoms with E-state index in [9.17, 15) is 9.59 Å². The van der Waals surface area contributed by atoms with Crippen molar-refractivity contribution < 1.29 is 18.8 Å². The van der Waals surface area contributed by atoms with Crippen LogP contribution < -0.4 is 16.0 Å². The first kappa shape index (κ1) is 22.1. The topological polar surface area (TPSA) is 109 Å². The summed E-state index contributed by atoms with van der Waals surface area (Å²) in [6.45, 7) is 4.10. The van der Waals surface area contributed by atoms with Gasteiger partial charge < -0.3 is 30.1 Å². The van der Waals surface area contributed by atoms with Gasteiger partial charge in [-0.1, -0.05) is 11.2 Å². The summed E-state index contributed by atoms with van der Waals surface area (Å²) in [4.78, 5) is 26.2. The molecule has 0 radical (unpaired) electrons. The normalized spacial score (nSPS) is 23.2. The lowest BCUT2D eigenvalue weighted by Crippen LogP contribution is -2.39. The van der Waals surface area contributed by atoms with Crippen LogP contribution >= 0.6 is 0 Å². The van der Waals surface area contributed by atoms with Crippen LogP contribution in [-0.4, -0.2) is 60.9 Å². The number of hydrogen-bond acceptors (Lipinski definition) is 6. The number of likely N-dealkylation sites (N-methyl/N-ethyl adjacent to an activating group) is 1. The number of nitrogens with zero attached hydrogens (tertiary/aromatic N) is 2. The van der Waals surface area contributed by atoms with Gasteiger partial charge in [-0.3, -0.25) is 4.79 Å². The van der Waals surface area contributed by atoms with Gasteiger partial charge in [0.05, 0.1) is 29.7 Å². The molecule has 1 aromatic carbocycles. The first-order valence-electron chi connectivity index (χ1n) is 11.0. The summed E-state index contributed by atoms with van der Waals surface area (Å²) in [5, 5.41) is 13.4. The molecule has 172 valence electrons. The smallest absolute Gasteiger partial charge is 0.317 e. The Kier molecular flexibility index (Phi) is 6.36. The fourth-order valence-corrected chi connectivity index (χ4v) is 4.52. The molecule has 3 N–H and O–H groups in total. The maximum Gasteiger partial charge on any atom is 0.317 e. The van der Waals surface area contributed by atoms with Crippen molar-refractivity contribution in [1.82, 2.24) is 15.4 Å². The van der Waals surface area contributed by atoms with Crippen LogP contribution in [0.25, 0.3) is 11.1 Å². The molecule has 0 unspecified atom stereocenters. The zero-order valence-electron chi connectivity index (χ0n) is 19.0. The highest BCUT2D eigenvalue weighted by atomic mass is 16.5. The third kappa shape index (κ3) is 4.57. The summed E-state index contributed by atoms with van der Waals surface area (Å²) >= 11 is 0. The number of ether oxygens (including phenoxy) is 1. The molecule has 32 heavy (non-hydrogen) atoms. The average Bonchev–Trinajstić information content (AvgIpc) is 3.30. The number of anilines is 2. The first-order valence-corrected chi connectivity index (χ1v) is 11.0. The standard InChI is InChI=1S/C23H31N5O4/c1-13-21(14(2)32-27-13)15-5-10-18(24-16-6-8-17(31-4)9-7-16)19(11-15)25-22(29)20-12-28(3)23(30)26-20/h5,10-11,16-17,20,24H,6-9,12H2,1-4H3,(H,25,29)(H,26,30)/t16?,17?,20-/m0/s1. The van der Waals surface area contributed by atoms with E-state index in [2.05, 4.69) is 21.1 Å². The lowest BCUT2D eigenvalue weighted by Gasteiger charge is -2.29. The maximum atomic E-state index is 12.9. The van der Waals surface area contributed by atoms with E-state index in [-0.39, 0.29) is 11.9 Å². The number of amides is 3. The van der Waals surface area contributed by atoms with Gasteiger partial charge in [-0.05, 0) is 57.2 Å². The van der Waals surface area contributed by atoms with E-state index in [1.807, 2.05) is 32.0 Å². The third-order valence-corrected chi connectivity index (χ3v) is 6.38. The molecule has 1 aliphatic heterocycles. The number of nitrogens with one attached hydrogen (secondary N) is 3. The molecule has 9 heteroatoms. The summed E-state index contributed by atoms with van der Waals surface area (Å²) < 4.78 is 10.8. The van der Waals surface area contributed by atoms with Crippen LogP contribution in [-0.2, 0) is 9.53 Å². The summed E-state index contributed by atoms with van der Waals surface area (Å²) in [6.07, 6.45) is 4.33. The molecular formula is C23H31N5O4. The highest BCUT2D eigenvalue weighted by Gasteiger charge is 2.32. The number of benzene rings is 1. The number of carbonyl (C=O) groups is 2. The van der Waals surface area contributed by atoms with E-state index >= 15 is 0 Å². The predicted octanol–water partition coefficient (Wildman–Crippen LogP) is 3.29. The Hall–Kier alpha value is -3.07. The SMILES string of the molecule is COC1CCC(Nc2ccc(-c3c(C)noc3C)cc2NC(=O)[C@@H]2CN(C)C(=O)N2)CC1. The number of methoxy groups -OCH3 is 1. The molecule has 0 bridgehead atoms. The van der Waals surface area contributed by atoms with Crippen molar-refractivity contribution in [1.29, 1.82) is 0 Å². The number of rotatable bonds is 6. The average molecular weight is 442 g/mol. The highest BCUT2D eigenvalue weighted by molar-refractivity contribution is 6.01. The Balaban J connectivity index is 1.59. The quantitative estimate of drug-likeness (QED) is 0.635. The summed E-state index contributed by atoms with van der Waals surface area (Å²) in [5.74, 6) is 0.479. The minimum atomic E-state index is -0.597. The van der Waals surface area contributed by atoms with Gasteiger partial charge in [0.25, 0.3) is 0 Å². The van der Waals surface area contributed by atoms with Crippen molar-refractivity contribution in [2.45, 2.75) is 57.7 Å². The molecule has 3 amide bonds. The van der Waals surface area contributed by atoms with Crippen molar-refractivity contribution in [2.24, 2.45) is 0 Å². The van der Waals surface area contributed by atoms with E-state index in [0.29, 0.717) is 24.4 Å². The molecule has 9 nitrogen and oxygen atoms in total. The van der Waals surface area contributed by atoms with Gasteiger partial charge in [0.15, 0.2) is 0 Å². The van der Waals surface area contributed by atoms with Crippen LogP contribution in [0.2, 0.25) is 0 Å². The zero-order chi connectivity index (χ0) is 22.8. The molecule has 1 aliphatic carbocycles. The molecule has 4 rings (SSSR count). The van der Waals surface area contributed by atoms with Crippen molar-refractivity contribution >= 4 is 23.3 Å². The van der Waals surface area contributed by atoms with Gasteiger partial charge in [-0.25, -0.2) is 4.79 Å². The summed E-state index contributed by atoms with van der Waals surface area (Å²) in [7, 11) is 3.43. The largest absolute Gasteiger partial charge is 0.381 e. The number of hydrogen-bond donors (Lipinski definition) is 3. The Bertz CT molecular complexity index is 977. The van der Waals surface area contributed by atoms with E-state index < -0.39 is 6.04 Å². The Morgan fingerprint density at radius 3 is 2.56 bits per heavy atom. The van der Waals surface area contributed by atoms with Gasteiger partial charge >= 0.3 is 6.03 Å². The maximum absolute atomic E-state index is 12.9. The molecule has 1 aromatic heterocycles. The minimum absolute atomic E-state index is 0.246. The van der Waals surface area contributed by atoms with Crippen molar-refractivity contribution in [2.75, 3.05) is 31.3 Å². The molecule has 2 fully saturated rings. The summed E-state index contributed by atoms with van der Waals surface area (Å²) in [5.41, 5.74) is 4.15. The summed E-state index contributed by atoms with van der Waals surface area (Å²) in [6, 6.07) is 5.39. The molecule has 2 heterocycles. The van der Waals surface area contributed by atoms with Crippen molar-refractivity contribution in [3.05, 3.63) is 29.7 Å². The number of aryl methyl sites for hydroxylation is 2. The van der Waals surface area contributed by atoms with Gasteiger partial charge in [-0.15, -0.1) is 0 Å². The second-order valence-corrected chi connectivity index (χ2v) is 8.69. The van der Waals surface area contributed by atoms with Gasteiger partial charge in [-0.2, -0.15) is 0 Å². The third-order valence-electron chi connectivity index (χ3n) is 6.38. The van der Waals surface area contributed by atoms with Crippen molar-refractivity contribution in [3.8, 4) is 11.1 Å². The van der Waals surface area contributed by atoms with Gasteiger partial charge in [0.1, 0.15) is 11.8 Å². The first-order chi connectivity index (χ1) is 15.4. The second-order valence-electron chi connectivity index (χ2n) is 8.69. The second kappa shape index (κ2) is 9.20. The molecule has 1 saturated heterocycles. The Labute approximate surface area is 187 Å². The molecule has 0 spiro atoms. The van der Waals surface area contributed by atoms with Crippen LogP contribution in [0, 0.1) is 13.8 Å².